The molecule has 0 saturated carbocycles. The molecule has 1 aliphatic heterocycles. The summed E-state index contributed by atoms with van der Waals surface area (Å²) < 4.78 is 0. The summed E-state index contributed by atoms with van der Waals surface area (Å²) in [6, 6.07) is 7.37. The Kier molecular flexibility index (Phi) is 3.48. The van der Waals surface area contributed by atoms with Crippen molar-refractivity contribution in [1.29, 1.82) is 0 Å². The molecule has 90 valence electrons. The zero-order valence-electron chi connectivity index (χ0n) is 9.57. The highest BCUT2D eigenvalue weighted by Crippen LogP contribution is 2.33. The third kappa shape index (κ3) is 2.50. The third-order valence-corrected chi connectivity index (χ3v) is 3.48. The minimum Gasteiger partial charge on any atom is -0.296 e. The van der Waals surface area contributed by atoms with Crippen LogP contribution < -0.4 is 5.32 Å². The highest BCUT2D eigenvalue weighted by molar-refractivity contribution is 6.30. The molecule has 1 aromatic rings. The van der Waals surface area contributed by atoms with Crippen molar-refractivity contribution in [3.05, 3.63) is 34.9 Å². The fourth-order valence-electron chi connectivity index (χ4n) is 2.34. The molecule has 17 heavy (non-hydrogen) atoms. The smallest absolute Gasteiger partial charge is 0.230 e. The van der Waals surface area contributed by atoms with E-state index in [1.54, 1.807) is 12.1 Å². The molecule has 4 heteroatoms. The molecule has 1 aliphatic rings. The second kappa shape index (κ2) is 4.88. The van der Waals surface area contributed by atoms with Gasteiger partial charge in [0.25, 0.3) is 0 Å². The second-order valence-corrected chi connectivity index (χ2v) is 4.73. The molecule has 2 amide bonds. The summed E-state index contributed by atoms with van der Waals surface area (Å²) in [5.41, 5.74) is 1.00. The molecule has 0 radical (unpaired) electrons. The lowest BCUT2D eigenvalue weighted by molar-refractivity contribution is -0.137. The molecular weight excluding hydrogens is 238 g/mol. The molecule has 0 bridgehead atoms. The standard InChI is InChI=1S/C13H14ClNO2/c1-2-10-11(7-12(16)15-13(10)17)8-3-5-9(14)6-4-8/h3-6,10-11H,2,7H2,1H3,(H,15,16,17). The lowest BCUT2D eigenvalue weighted by atomic mass is 9.79. The maximum Gasteiger partial charge on any atom is 0.230 e. The number of halogens is 1. The van der Waals surface area contributed by atoms with Crippen LogP contribution in [0, 0.1) is 5.92 Å². The van der Waals surface area contributed by atoms with Gasteiger partial charge in [-0.1, -0.05) is 30.7 Å². The Morgan fingerprint density at radius 3 is 2.53 bits per heavy atom. The van der Waals surface area contributed by atoms with Crippen LogP contribution in [0.3, 0.4) is 0 Å². The number of carbonyl (C=O) groups is 2. The monoisotopic (exact) mass is 251 g/mol. The van der Waals surface area contributed by atoms with Crippen molar-refractivity contribution in [2.75, 3.05) is 0 Å². The van der Waals surface area contributed by atoms with E-state index in [-0.39, 0.29) is 23.7 Å². The molecule has 2 atom stereocenters. The van der Waals surface area contributed by atoms with Crippen LogP contribution in [0.15, 0.2) is 24.3 Å². The second-order valence-electron chi connectivity index (χ2n) is 4.29. The average molecular weight is 252 g/mol. The van der Waals surface area contributed by atoms with Crippen LogP contribution in [0.2, 0.25) is 5.02 Å². The summed E-state index contributed by atoms with van der Waals surface area (Å²) in [5, 5.41) is 3.05. The van der Waals surface area contributed by atoms with Crippen molar-refractivity contribution in [2.45, 2.75) is 25.7 Å². The first kappa shape index (κ1) is 12.1. The first-order valence-corrected chi connectivity index (χ1v) is 6.08. The van der Waals surface area contributed by atoms with Gasteiger partial charge in [-0.3, -0.25) is 14.9 Å². The molecule has 3 nitrogen and oxygen atoms in total. The average Bonchev–Trinajstić information content (AvgIpc) is 2.29. The molecule has 1 saturated heterocycles. The van der Waals surface area contributed by atoms with Gasteiger partial charge >= 0.3 is 0 Å². The predicted molar refractivity (Wildman–Crippen MR) is 65.7 cm³/mol. The van der Waals surface area contributed by atoms with E-state index in [1.807, 2.05) is 19.1 Å². The SMILES string of the molecule is CCC1C(=O)NC(=O)CC1c1ccc(Cl)cc1. The van der Waals surface area contributed by atoms with Crippen LogP contribution in [0.1, 0.15) is 31.2 Å². The maximum atomic E-state index is 11.7. The minimum atomic E-state index is -0.195. The number of nitrogens with one attached hydrogen (secondary N) is 1. The Morgan fingerprint density at radius 2 is 1.94 bits per heavy atom. The summed E-state index contributed by atoms with van der Waals surface area (Å²) in [6.07, 6.45) is 1.10. The topological polar surface area (TPSA) is 46.2 Å². The molecule has 1 fully saturated rings. The quantitative estimate of drug-likeness (QED) is 0.821. The summed E-state index contributed by atoms with van der Waals surface area (Å²) in [6.45, 7) is 1.96. The Bertz CT molecular complexity index is 441. The van der Waals surface area contributed by atoms with E-state index in [2.05, 4.69) is 5.32 Å². The van der Waals surface area contributed by atoms with Crippen LogP contribution in [-0.4, -0.2) is 11.8 Å². The lowest BCUT2D eigenvalue weighted by Gasteiger charge is -2.29. The molecule has 0 aromatic heterocycles. The molecule has 0 aliphatic carbocycles. The van der Waals surface area contributed by atoms with Crippen molar-refractivity contribution in [2.24, 2.45) is 5.92 Å². The van der Waals surface area contributed by atoms with Crippen molar-refractivity contribution in [3.8, 4) is 0 Å². The summed E-state index contributed by atoms with van der Waals surface area (Å²) >= 11 is 5.83. The van der Waals surface area contributed by atoms with Gasteiger partial charge in [0, 0.05) is 23.3 Å². The number of piperidine rings is 1. The van der Waals surface area contributed by atoms with Crippen molar-refractivity contribution in [1.82, 2.24) is 5.32 Å². The highest BCUT2D eigenvalue weighted by Gasteiger charge is 2.35. The van der Waals surface area contributed by atoms with Crippen molar-refractivity contribution < 1.29 is 9.59 Å². The minimum absolute atomic E-state index is 0.0292. The third-order valence-electron chi connectivity index (χ3n) is 3.23. The van der Waals surface area contributed by atoms with E-state index in [0.717, 1.165) is 12.0 Å². The molecule has 1 aromatic carbocycles. The van der Waals surface area contributed by atoms with Gasteiger partial charge in [-0.15, -0.1) is 0 Å². The van der Waals surface area contributed by atoms with Crippen LogP contribution in [0.5, 0.6) is 0 Å². The zero-order valence-corrected chi connectivity index (χ0v) is 10.3. The number of rotatable bonds is 2. The molecule has 2 rings (SSSR count). The Labute approximate surface area is 105 Å². The number of carbonyl (C=O) groups excluding carboxylic acids is 2. The first-order valence-electron chi connectivity index (χ1n) is 5.71. The number of imide groups is 1. The van der Waals surface area contributed by atoms with E-state index in [9.17, 15) is 9.59 Å². The van der Waals surface area contributed by atoms with Crippen molar-refractivity contribution in [3.63, 3.8) is 0 Å². The molecule has 2 unspecified atom stereocenters. The van der Waals surface area contributed by atoms with Gasteiger partial charge in [0.15, 0.2) is 0 Å². The molecule has 1 heterocycles. The van der Waals surface area contributed by atoms with Gasteiger partial charge in [0.1, 0.15) is 0 Å². The highest BCUT2D eigenvalue weighted by atomic mass is 35.5. The molecule has 0 spiro atoms. The number of amides is 2. The van der Waals surface area contributed by atoms with E-state index < -0.39 is 0 Å². The number of benzene rings is 1. The summed E-state index contributed by atoms with van der Waals surface area (Å²) in [7, 11) is 0. The largest absolute Gasteiger partial charge is 0.296 e. The lowest BCUT2D eigenvalue weighted by Crippen LogP contribution is -2.44. The fourth-order valence-corrected chi connectivity index (χ4v) is 2.46. The zero-order chi connectivity index (χ0) is 12.4. The summed E-state index contributed by atoms with van der Waals surface area (Å²) in [4.78, 5) is 23.2. The van der Waals surface area contributed by atoms with Crippen LogP contribution in [0.25, 0.3) is 0 Å². The first-order chi connectivity index (χ1) is 8.11. The van der Waals surface area contributed by atoms with Gasteiger partial charge in [-0.25, -0.2) is 0 Å². The van der Waals surface area contributed by atoms with Crippen LogP contribution >= 0.6 is 11.6 Å². The van der Waals surface area contributed by atoms with E-state index in [1.165, 1.54) is 0 Å². The fraction of sp³-hybridized carbons (Fsp3) is 0.385. The Balaban J connectivity index is 2.30. The van der Waals surface area contributed by atoms with Gasteiger partial charge in [-0.2, -0.15) is 0 Å². The van der Waals surface area contributed by atoms with E-state index >= 15 is 0 Å². The van der Waals surface area contributed by atoms with Gasteiger partial charge in [0.05, 0.1) is 0 Å². The van der Waals surface area contributed by atoms with Gasteiger partial charge < -0.3 is 0 Å². The van der Waals surface area contributed by atoms with Crippen LogP contribution in [0.4, 0.5) is 0 Å². The Hall–Kier alpha value is -1.35. The maximum absolute atomic E-state index is 11.7. The summed E-state index contributed by atoms with van der Waals surface area (Å²) in [5.74, 6) is -0.518. The Morgan fingerprint density at radius 1 is 1.29 bits per heavy atom. The van der Waals surface area contributed by atoms with Crippen LogP contribution in [-0.2, 0) is 9.59 Å². The normalized spacial score (nSPS) is 24.6. The number of hydrogen-bond acceptors (Lipinski definition) is 2. The number of hydrogen-bond donors (Lipinski definition) is 1. The predicted octanol–water partition coefficient (Wildman–Crippen LogP) is 2.50. The van der Waals surface area contributed by atoms with Gasteiger partial charge in [0.2, 0.25) is 11.8 Å². The molecule has 1 N–H and O–H groups in total. The van der Waals surface area contributed by atoms with E-state index in [0.29, 0.717) is 11.4 Å². The van der Waals surface area contributed by atoms with Gasteiger partial charge in [-0.05, 0) is 24.1 Å². The van der Waals surface area contributed by atoms with E-state index in [4.69, 9.17) is 11.6 Å². The molecular formula is C13H14ClNO2. The van der Waals surface area contributed by atoms with Crippen molar-refractivity contribution >= 4 is 23.4 Å².